The number of methoxy groups -OCH3 is 1. The number of carbonyl (C=O) groups excluding carboxylic acids is 2. The van der Waals surface area contributed by atoms with Gasteiger partial charge in [-0.3, -0.25) is 9.59 Å². The van der Waals surface area contributed by atoms with Crippen LogP contribution in [0.1, 0.15) is 44.9 Å². The van der Waals surface area contributed by atoms with Crippen molar-refractivity contribution >= 4 is 29.1 Å². The van der Waals surface area contributed by atoms with Crippen LogP contribution in [0.2, 0.25) is 5.02 Å². The van der Waals surface area contributed by atoms with Crippen LogP contribution < -0.4 is 15.4 Å². The summed E-state index contributed by atoms with van der Waals surface area (Å²) in [6.45, 7) is 0. The predicted molar refractivity (Wildman–Crippen MR) is 93.3 cm³/mol. The van der Waals surface area contributed by atoms with Crippen LogP contribution in [0.5, 0.6) is 5.75 Å². The van der Waals surface area contributed by atoms with Crippen molar-refractivity contribution in [1.82, 2.24) is 5.32 Å². The Balaban J connectivity index is 1.63. The van der Waals surface area contributed by atoms with Gasteiger partial charge < -0.3 is 15.4 Å². The number of halogens is 1. The molecule has 0 bridgehead atoms. The first-order valence-corrected chi connectivity index (χ1v) is 8.89. The van der Waals surface area contributed by atoms with Crippen molar-refractivity contribution in [1.29, 1.82) is 0 Å². The fourth-order valence-corrected chi connectivity index (χ4v) is 3.51. The molecular weight excluding hydrogens is 328 g/mol. The van der Waals surface area contributed by atoms with Crippen LogP contribution in [-0.2, 0) is 9.59 Å². The van der Waals surface area contributed by atoms with Gasteiger partial charge in [-0.25, -0.2) is 0 Å². The highest BCUT2D eigenvalue weighted by Crippen LogP contribution is 2.47. The highest BCUT2D eigenvalue weighted by Gasteiger charge is 2.56. The monoisotopic (exact) mass is 350 g/mol. The van der Waals surface area contributed by atoms with Crippen LogP contribution in [0.4, 0.5) is 5.69 Å². The minimum absolute atomic E-state index is 0.133. The second-order valence-corrected chi connectivity index (χ2v) is 7.10. The van der Waals surface area contributed by atoms with E-state index in [0.717, 1.165) is 25.7 Å². The molecule has 130 valence electrons. The number of benzene rings is 1. The third kappa shape index (κ3) is 3.51. The summed E-state index contributed by atoms with van der Waals surface area (Å²) in [6, 6.07) is 5.26. The van der Waals surface area contributed by atoms with E-state index in [0.29, 0.717) is 29.3 Å². The molecule has 0 aliphatic heterocycles. The van der Waals surface area contributed by atoms with Crippen LogP contribution in [0, 0.1) is 5.41 Å². The summed E-state index contributed by atoms with van der Waals surface area (Å²) in [5, 5.41) is 6.31. The molecule has 24 heavy (non-hydrogen) atoms. The molecule has 0 spiro atoms. The zero-order chi connectivity index (χ0) is 17.2. The minimum Gasteiger partial charge on any atom is -0.495 e. The molecule has 2 saturated carbocycles. The number of carbonyl (C=O) groups is 2. The lowest BCUT2D eigenvalue weighted by atomic mass is 9.94. The summed E-state index contributed by atoms with van der Waals surface area (Å²) in [6.07, 6.45) is 6.75. The van der Waals surface area contributed by atoms with E-state index in [4.69, 9.17) is 16.3 Å². The molecule has 0 aromatic heterocycles. The van der Waals surface area contributed by atoms with Gasteiger partial charge in [-0.05, 0) is 43.9 Å². The summed E-state index contributed by atoms with van der Waals surface area (Å²) >= 11 is 6.08. The van der Waals surface area contributed by atoms with E-state index in [1.54, 1.807) is 18.2 Å². The summed E-state index contributed by atoms with van der Waals surface area (Å²) in [5.41, 5.74) is -0.341. The zero-order valence-corrected chi connectivity index (χ0v) is 14.6. The second kappa shape index (κ2) is 7.01. The molecule has 6 heteroatoms. The van der Waals surface area contributed by atoms with Gasteiger partial charge in [0.05, 0.1) is 12.1 Å². The fraction of sp³-hybridized carbons (Fsp3) is 0.556. The van der Waals surface area contributed by atoms with Gasteiger partial charge in [-0.1, -0.05) is 30.9 Å². The molecule has 2 aliphatic carbocycles. The Labute approximate surface area is 147 Å². The first-order valence-electron chi connectivity index (χ1n) is 8.51. The SMILES string of the molecule is COc1ccc(NC(=O)C2(C(=O)NC3CCCCC3)CC2)cc1Cl. The van der Waals surface area contributed by atoms with Gasteiger partial charge in [0.25, 0.3) is 0 Å². The highest BCUT2D eigenvalue weighted by molar-refractivity contribution is 6.32. The van der Waals surface area contributed by atoms with Crippen LogP contribution >= 0.6 is 11.6 Å². The maximum Gasteiger partial charge on any atom is 0.240 e. The molecule has 2 amide bonds. The lowest BCUT2D eigenvalue weighted by Gasteiger charge is -2.25. The molecule has 0 unspecified atom stereocenters. The average molecular weight is 351 g/mol. The molecule has 1 aromatic rings. The Kier molecular flexibility index (Phi) is 4.99. The molecule has 1 aromatic carbocycles. The van der Waals surface area contributed by atoms with Crippen molar-refractivity contribution < 1.29 is 14.3 Å². The molecule has 5 nitrogen and oxygen atoms in total. The van der Waals surface area contributed by atoms with Gasteiger partial charge in [0.1, 0.15) is 11.2 Å². The Morgan fingerprint density at radius 2 is 1.88 bits per heavy atom. The van der Waals surface area contributed by atoms with Gasteiger partial charge >= 0.3 is 0 Å². The summed E-state index contributed by atoms with van der Waals surface area (Å²) < 4.78 is 5.10. The van der Waals surface area contributed by atoms with Crippen molar-refractivity contribution in [3.8, 4) is 5.75 Å². The van der Waals surface area contributed by atoms with Gasteiger partial charge in [-0.15, -0.1) is 0 Å². The van der Waals surface area contributed by atoms with Crippen molar-refractivity contribution in [2.75, 3.05) is 12.4 Å². The molecule has 2 aliphatic rings. The normalized spacial score (nSPS) is 19.4. The third-order valence-electron chi connectivity index (χ3n) is 4.97. The van der Waals surface area contributed by atoms with Crippen LogP contribution in [0.15, 0.2) is 18.2 Å². The van der Waals surface area contributed by atoms with E-state index in [1.807, 2.05) is 0 Å². The van der Waals surface area contributed by atoms with E-state index < -0.39 is 5.41 Å². The van der Waals surface area contributed by atoms with E-state index in [9.17, 15) is 9.59 Å². The van der Waals surface area contributed by atoms with Gasteiger partial charge in [0.2, 0.25) is 11.8 Å². The molecule has 0 radical (unpaired) electrons. The quantitative estimate of drug-likeness (QED) is 0.798. The lowest BCUT2D eigenvalue weighted by Crippen LogP contribution is -2.45. The van der Waals surface area contributed by atoms with E-state index in [-0.39, 0.29) is 17.9 Å². The van der Waals surface area contributed by atoms with Crippen molar-refractivity contribution in [2.24, 2.45) is 5.41 Å². The topological polar surface area (TPSA) is 67.4 Å². The number of anilines is 1. The minimum atomic E-state index is -0.913. The zero-order valence-electron chi connectivity index (χ0n) is 13.9. The summed E-state index contributed by atoms with van der Waals surface area (Å²) in [7, 11) is 1.54. The van der Waals surface area contributed by atoms with Gasteiger partial charge in [-0.2, -0.15) is 0 Å². The first kappa shape index (κ1) is 17.1. The number of nitrogens with one attached hydrogen (secondary N) is 2. The molecule has 2 fully saturated rings. The van der Waals surface area contributed by atoms with E-state index in [2.05, 4.69) is 10.6 Å². The molecular formula is C18H23ClN2O3. The summed E-state index contributed by atoms with van der Waals surface area (Å²) in [4.78, 5) is 25.2. The molecule has 2 N–H and O–H groups in total. The van der Waals surface area contributed by atoms with Crippen LogP contribution in [0.25, 0.3) is 0 Å². The molecule has 0 saturated heterocycles. The maximum absolute atomic E-state index is 12.6. The van der Waals surface area contributed by atoms with Crippen molar-refractivity contribution in [3.05, 3.63) is 23.2 Å². The Morgan fingerprint density at radius 3 is 2.46 bits per heavy atom. The lowest BCUT2D eigenvalue weighted by molar-refractivity contribution is -0.135. The maximum atomic E-state index is 12.6. The van der Waals surface area contributed by atoms with Crippen molar-refractivity contribution in [3.63, 3.8) is 0 Å². The average Bonchev–Trinajstić information content (AvgIpc) is 3.38. The number of hydrogen-bond acceptors (Lipinski definition) is 3. The molecule has 0 heterocycles. The number of ether oxygens (including phenoxy) is 1. The largest absolute Gasteiger partial charge is 0.495 e. The Bertz CT molecular complexity index is 637. The summed E-state index contributed by atoms with van der Waals surface area (Å²) in [5.74, 6) is 0.161. The third-order valence-corrected chi connectivity index (χ3v) is 5.26. The van der Waals surface area contributed by atoms with Crippen molar-refractivity contribution in [2.45, 2.75) is 51.0 Å². The van der Waals surface area contributed by atoms with E-state index >= 15 is 0 Å². The molecule has 3 rings (SSSR count). The number of hydrogen-bond donors (Lipinski definition) is 2. The van der Waals surface area contributed by atoms with Gasteiger partial charge in [0, 0.05) is 11.7 Å². The second-order valence-electron chi connectivity index (χ2n) is 6.69. The number of rotatable bonds is 5. The smallest absolute Gasteiger partial charge is 0.240 e. The van der Waals surface area contributed by atoms with Crippen LogP contribution in [0.3, 0.4) is 0 Å². The Hall–Kier alpha value is -1.75. The van der Waals surface area contributed by atoms with E-state index in [1.165, 1.54) is 13.5 Å². The first-order chi connectivity index (χ1) is 11.5. The highest BCUT2D eigenvalue weighted by atomic mass is 35.5. The fourth-order valence-electron chi connectivity index (χ4n) is 3.25. The molecule has 0 atom stereocenters. The van der Waals surface area contributed by atoms with Crippen LogP contribution in [-0.4, -0.2) is 25.0 Å². The standard InChI is InChI=1S/C18H23ClN2O3/c1-24-15-8-7-13(11-14(15)19)21-17(23)18(9-10-18)16(22)20-12-5-3-2-4-6-12/h7-8,11-12H,2-6,9-10H2,1H3,(H,20,22)(H,21,23). The predicted octanol–water partition coefficient (Wildman–Crippen LogP) is 3.52. The number of amides is 2. The van der Waals surface area contributed by atoms with Gasteiger partial charge in [0.15, 0.2) is 0 Å². The Morgan fingerprint density at radius 1 is 1.17 bits per heavy atom.